The van der Waals surface area contributed by atoms with Crippen molar-refractivity contribution in [2.45, 2.75) is 31.0 Å². The minimum absolute atomic E-state index is 0.0265. The zero-order valence-corrected chi connectivity index (χ0v) is 18.5. The van der Waals surface area contributed by atoms with Crippen molar-refractivity contribution in [2.24, 2.45) is 5.73 Å². The van der Waals surface area contributed by atoms with Gasteiger partial charge < -0.3 is 15.7 Å². The molecule has 2 unspecified atom stereocenters. The SMILES string of the molecule is NCCCCC1(C(=O)O)CN(Cc2ccccc2-c2cccc(Cl)c2)CCP1(=O)O. The van der Waals surface area contributed by atoms with Crippen molar-refractivity contribution >= 4 is 24.9 Å². The monoisotopic (exact) mass is 450 g/mol. The summed E-state index contributed by atoms with van der Waals surface area (Å²) in [6.45, 7) is 1.35. The lowest BCUT2D eigenvalue weighted by Gasteiger charge is -2.43. The summed E-state index contributed by atoms with van der Waals surface area (Å²) in [6, 6.07) is 15.5. The highest BCUT2D eigenvalue weighted by atomic mass is 35.5. The second-order valence-electron chi connectivity index (χ2n) is 7.89. The van der Waals surface area contributed by atoms with Crippen LogP contribution in [0.4, 0.5) is 0 Å². The van der Waals surface area contributed by atoms with Gasteiger partial charge in [0.05, 0.1) is 0 Å². The molecule has 2 aromatic rings. The van der Waals surface area contributed by atoms with Gasteiger partial charge in [0.15, 0.2) is 5.16 Å². The quantitative estimate of drug-likeness (QED) is 0.414. The van der Waals surface area contributed by atoms with Crippen molar-refractivity contribution in [3.8, 4) is 11.1 Å². The molecule has 0 bridgehead atoms. The number of unbranched alkanes of at least 4 members (excludes halogenated alkanes) is 1. The Bertz CT molecular complexity index is 954. The van der Waals surface area contributed by atoms with Crippen LogP contribution in [-0.2, 0) is 15.9 Å². The molecule has 2 atom stereocenters. The van der Waals surface area contributed by atoms with Crippen LogP contribution in [0.3, 0.4) is 0 Å². The lowest BCUT2D eigenvalue weighted by molar-refractivity contribution is -0.141. The third-order valence-corrected chi connectivity index (χ3v) is 8.80. The third kappa shape index (κ3) is 4.79. The lowest BCUT2D eigenvalue weighted by atomic mass is 9.97. The molecular formula is C22H28ClN2O4P. The summed E-state index contributed by atoms with van der Waals surface area (Å²) in [4.78, 5) is 24.8. The van der Waals surface area contributed by atoms with E-state index in [4.69, 9.17) is 17.3 Å². The highest BCUT2D eigenvalue weighted by molar-refractivity contribution is 7.61. The summed E-state index contributed by atoms with van der Waals surface area (Å²) in [5.74, 6) is -1.20. The molecule has 0 aliphatic carbocycles. The molecule has 1 aliphatic heterocycles. The molecule has 0 aromatic heterocycles. The third-order valence-electron chi connectivity index (χ3n) is 5.86. The Morgan fingerprint density at radius 1 is 1.20 bits per heavy atom. The number of carboxylic acid groups (broad SMARTS) is 1. The van der Waals surface area contributed by atoms with Crippen LogP contribution in [0.15, 0.2) is 48.5 Å². The summed E-state index contributed by atoms with van der Waals surface area (Å²) in [5.41, 5.74) is 8.57. The maximum absolute atomic E-state index is 12.9. The Kier molecular flexibility index (Phi) is 7.38. The molecule has 0 amide bonds. The summed E-state index contributed by atoms with van der Waals surface area (Å²) >= 11 is 6.16. The number of halogens is 1. The molecule has 2 aromatic carbocycles. The van der Waals surface area contributed by atoms with Crippen LogP contribution in [-0.4, -0.2) is 51.8 Å². The van der Waals surface area contributed by atoms with Crippen LogP contribution in [0.5, 0.6) is 0 Å². The van der Waals surface area contributed by atoms with E-state index in [0.717, 1.165) is 16.7 Å². The van der Waals surface area contributed by atoms with E-state index in [1.165, 1.54) is 0 Å². The highest BCUT2D eigenvalue weighted by Crippen LogP contribution is 2.59. The van der Waals surface area contributed by atoms with E-state index in [2.05, 4.69) is 0 Å². The minimum Gasteiger partial charge on any atom is -0.480 e. The van der Waals surface area contributed by atoms with Crippen molar-refractivity contribution in [3.63, 3.8) is 0 Å². The van der Waals surface area contributed by atoms with Gasteiger partial charge in [-0.3, -0.25) is 14.3 Å². The van der Waals surface area contributed by atoms with Crippen molar-refractivity contribution in [1.29, 1.82) is 0 Å². The Morgan fingerprint density at radius 2 is 1.97 bits per heavy atom. The van der Waals surface area contributed by atoms with Crippen LogP contribution >= 0.6 is 19.0 Å². The lowest BCUT2D eigenvalue weighted by Crippen LogP contribution is -2.53. The molecule has 0 radical (unpaired) electrons. The van der Waals surface area contributed by atoms with Gasteiger partial charge in [-0.15, -0.1) is 0 Å². The molecule has 8 heteroatoms. The Labute approximate surface area is 182 Å². The van der Waals surface area contributed by atoms with E-state index >= 15 is 0 Å². The van der Waals surface area contributed by atoms with Gasteiger partial charge in [0.1, 0.15) is 0 Å². The first-order chi connectivity index (χ1) is 14.3. The van der Waals surface area contributed by atoms with Gasteiger partial charge in [0.2, 0.25) is 7.37 Å². The number of nitrogens with two attached hydrogens (primary N) is 1. The van der Waals surface area contributed by atoms with Crippen LogP contribution in [0, 0.1) is 0 Å². The molecule has 4 N–H and O–H groups in total. The van der Waals surface area contributed by atoms with Gasteiger partial charge in [0.25, 0.3) is 0 Å². The van der Waals surface area contributed by atoms with Crippen molar-refractivity contribution < 1.29 is 19.4 Å². The standard InChI is InChI=1S/C22H28ClN2O4P/c23-19-8-5-7-17(14-19)20-9-2-1-6-18(20)15-25-12-13-30(28,29)22(16-25,21(26)27)10-3-4-11-24/h1-2,5-9,14H,3-4,10-13,15-16,24H2,(H,26,27)(H,28,29). The summed E-state index contributed by atoms with van der Waals surface area (Å²) in [6.07, 6.45) is 1.27. The Morgan fingerprint density at radius 3 is 2.67 bits per heavy atom. The highest BCUT2D eigenvalue weighted by Gasteiger charge is 2.56. The fourth-order valence-electron chi connectivity index (χ4n) is 4.16. The van der Waals surface area contributed by atoms with Gasteiger partial charge in [0, 0.05) is 30.8 Å². The van der Waals surface area contributed by atoms with Gasteiger partial charge in [-0.2, -0.15) is 0 Å². The molecule has 1 aliphatic rings. The van der Waals surface area contributed by atoms with E-state index in [9.17, 15) is 19.4 Å². The predicted octanol–water partition coefficient (Wildman–Crippen LogP) is 4.05. The fraction of sp³-hybridized carbons (Fsp3) is 0.409. The predicted molar refractivity (Wildman–Crippen MR) is 120 cm³/mol. The zero-order chi connectivity index (χ0) is 21.8. The molecular weight excluding hydrogens is 423 g/mol. The van der Waals surface area contributed by atoms with E-state index in [1.54, 1.807) is 0 Å². The number of benzene rings is 2. The first-order valence-electron chi connectivity index (χ1n) is 10.1. The zero-order valence-electron chi connectivity index (χ0n) is 16.8. The number of rotatable bonds is 8. The number of hydrogen-bond donors (Lipinski definition) is 3. The van der Waals surface area contributed by atoms with Gasteiger partial charge in [-0.1, -0.05) is 54.4 Å². The van der Waals surface area contributed by atoms with Crippen LogP contribution in [0.2, 0.25) is 5.02 Å². The number of nitrogens with zero attached hydrogens (tertiary/aromatic N) is 1. The summed E-state index contributed by atoms with van der Waals surface area (Å²) in [5, 5.41) is 8.96. The first-order valence-corrected chi connectivity index (χ1v) is 12.3. The molecule has 1 fully saturated rings. The van der Waals surface area contributed by atoms with E-state index in [0.29, 0.717) is 37.5 Å². The maximum Gasteiger partial charge on any atom is 0.320 e. The molecule has 1 heterocycles. The topological polar surface area (TPSA) is 104 Å². The molecule has 162 valence electrons. The van der Waals surface area contributed by atoms with Crippen molar-refractivity contribution in [1.82, 2.24) is 4.90 Å². The average Bonchev–Trinajstić information content (AvgIpc) is 2.70. The second kappa shape index (κ2) is 9.63. The van der Waals surface area contributed by atoms with E-state index < -0.39 is 18.5 Å². The largest absolute Gasteiger partial charge is 0.480 e. The molecule has 0 saturated carbocycles. The normalized spacial score (nSPS) is 24.6. The minimum atomic E-state index is -3.84. The van der Waals surface area contributed by atoms with Crippen molar-refractivity contribution in [3.05, 3.63) is 59.1 Å². The second-order valence-corrected chi connectivity index (χ2v) is 11.0. The van der Waals surface area contributed by atoms with Crippen LogP contribution < -0.4 is 5.73 Å². The number of carboxylic acids is 1. The molecule has 1 saturated heterocycles. The number of aliphatic carboxylic acids is 1. The molecule has 3 rings (SSSR count). The maximum atomic E-state index is 12.9. The average molecular weight is 451 g/mol. The summed E-state index contributed by atoms with van der Waals surface area (Å²) < 4.78 is 12.9. The first kappa shape index (κ1) is 23.0. The molecule has 30 heavy (non-hydrogen) atoms. The van der Waals surface area contributed by atoms with E-state index in [1.807, 2.05) is 53.4 Å². The smallest absolute Gasteiger partial charge is 0.320 e. The van der Waals surface area contributed by atoms with Gasteiger partial charge in [-0.25, -0.2) is 0 Å². The van der Waals surface area contributed by atoms with E-state index in [-0.39, 0.29) is 19.1 Å². The molecule has 6 nitrogen and oxygen atoms in total. The number of carbonyl (C=O) groups is 1. The summed E-state index contributed by atoms with van der Waals surface area (Å²) in [7, 11) is -3.84. The van der Waals surface area contributed by atoms with Gasteiger partial charge >= 0.3 is 5.97 Å². The molecule has 0 spiro atoms. The van der Waals surface area contributed by atoms with Crippen molar-refractivity contribution in [2.75, 3.05) is 25.8 Å². The van der Waals surface area contributed by atoms with Crippen LogP contribution in [0.1, 0.15) is 24.8 Å². The van der Waals surface area contributed by atoms with Gasteiger partial charge in [-0.05, 0) is 48.2 Å². The Balaban J connectivity index is 1.88. The Hall–Kier alpha value is -1.69. The van der Waals surface area contributed by atoms with Crippen LogP contribution in [0.25, 0.3) is 11.1 Å². The number of hydrogen-bond acceptors (Lipinski definition) is 4. The fourth-order valence-corrected chi connectivity index (χ4v) is 6.56.